The molecule has 0 aliphatic carbocycles. The van der Waals surface area contributed by atoms with E-state index < -0.39 is 5.82 Å². The van der Waals surface area contributed by atoms with Crippen LogP contribution < -0.4 is 10.9 Å². The van der Waals surface area contributed by atoms with Crippen molar-refractivity contribution in [3.63, 3.8) is 0 Å². The second-order valence-corrected chi connectivity index (χ2v) is 10.5. The third-order valence-electron chi connectivity index (χ3n) is 6.77. The maximum Gasteiger partial charge on any atom is 0.251 e. The number of amides is 1. The van der Waals surface area contributed by atoms with Gasteiger partial charge in [-0.2, -0.15) is 5.10 Å². The Balaban J connectivity index is 1.61. The minimum absolute atomic E-state index is 0.0181. The summed E-state index contributed by atoms with van der Waals surface area (Å²) in [6.45, 7) is 1.89. The molecule has 1 N–H and O–H groups in total. The molecule has 4 aromatic rings. The minimum Gasteiger partial charge on any atom is -0.323 e. The first-order valence-electron chi connectivity index (χ1n) is 11.9. The molecule has 0 saturated carbocycles. The van der Waals surface area contributed by atoms with E-state index in [-0.39, 0.29) is 34.0 Å². The molecule has 0 saturated heterocycles. The van der Waals surface area contributed by atoms with E-state index in [1.807, 2.05) is 26.1 Å². The van der Waals surface area contributed by atoms with Crippen molar-refractivity contribution in [2.75, 3.05) is 5.32 Å². The van der Waals surface area contributed by atoms with E-state index in [1.54, 1.807) is 40.0 Å². The van der Waals surface area contributed by atoms with Gasteiger partial charge in [-0.15, -0.1) is 0 Å². The van der Waals surface area contributed by atoms with Crippen LogP contribution in [0.1, 0.15) is 37.9 Å². The average molecular weight is 585 g/mol. The maximum absolute atomic E-state index is 14.8. The third-order valence-corrected chi connectivity index (χ3v) is 7.72. The lowest BCUT2D eigenvalue weighted by molar-refractivity contribution is -0.119. The second-order valence-electron chi connectivity index (χ2n) is 9.22. The Bertz CT molecular complexity index is 1570. The normalized spacial score (nSPS) is 17.9. The molecule has 1 amide bonds. The number of benzene rings is 1. The standard InChI is InChI=1S/C27H24BrClFN5O2/c1-15-4-3-5-22(20-12-17(8-10-31-20)26-21(33-27(15)37)14-32-34(26)2)35-11-9-16(13-23(35)36)24-18(28)6-7-19(29)25(24)30/h6-15,22H,3-5H2,1-2H3,(H,33,37)/t15-,22+/m1/s1. The lowest BCUT2D eigenvalue weighted by atomic mass is 9.96. The van der Waals surface area contributed by atoms with E-state index in [0.717, 1.165) is 11.3 Å². The molecule has 190 valence electrons. The van der Waals surface area contributed by atoms with Crippen molar-refractivity contribution in [1.82, 2.24) is 19.3 Å². The summed E-state index contributed by atoms with van der Waals surface area (Å²) in [5.74, 6) is -0.884. The van der Waals surface area contributed by atoms with Gasteiger partial charge >= 0.3 is 0 Å². The van der Waals surface area contributed by atoms with Crippen LogP contribution in [0, 0.1) is 11.7 Å². The van der Waals surface area contributed by atoms with Crippen LogP contribution in [0.5, 0.6) is 0 Å². The molecule has 1 aliphatic rings. The minimum atomic E-state index is -0.590. The number of pyridine rings is 2. The Labute approximate surface area is 226 Å². The van der Waals surface area contributed by atoms with Crippen LogP contribution in [0.3, 0.4) is 0 Å². The molecular weight excluding hydrogens is 561 g/mol. The molecule has 37 heavy (non-hydrogen) atoms. The summed E-state index contributed by atoms with van der Waals surface area (Å²) in [6.07, 6.45) is 6.95. The largest absolute Gasteiger partial charge is 0.323 e. The third kappa shape index (κ3) is 4.85. The number of anilines is 1. The number of halogens is 3. The Kier molecular flexibility index (Phi) is 7.00. The zero-order valence-electron chi connectivity index (χ0n) is 20.2. The molecule has 7 nitrogen and oxygen atoms in total. The Morgan fingerprint density at radius 2 is 1.95 bits per heavy atom. The molecule has 0 spiro atoms. The first-order chi connectivity index (χ1) is 17.7. The van der Waals surface area contributed by atoms with Crippen molar-refractivity contribution in [1.29, 1.82) is 0 Å². The topological polar surface area (TPSA) is 81.8 Å². The van der Waals surface area contributed by atoms with Gasteiger partial charge in [0.15, 0.2) is 5.82 Å². The summed E-state index contributed by atoms with van der Waals surface area (Å²) in [4.78, 5) is 30.8. The number of nitrogens with zero attached hydrogens (tertiary/aromatic N) is 4. The van der Waals surface area contributed by atoms with Gasteiger partial charge in [0.1, 0.15) is 0 Å². The zero-order valence-corrected chi connectivity index (χ0v) is 22.6. The van der Waals surface area contributed by atoms with E-state index in [0.29, 0.717) is 40.7 Å². The van der Waals surface area contributed by atoms with Crippen LogP contribution in [0.4, 0.5) is 10.1 Å². The highest BCUT2D eigenvalue weighted by molar-refractivity contribution is 9.10. The highest BCUT2D eigenvalue weighted by atomic mass is 79.9. The van der Waals surface area contributed by atoms with Crippen LogP contribution in [0.15, 0.2) is 64.3 Å². The SMILES string of the molecule is C[C@@H]1CCC[C@H](n2ccc(-c3c(Br)ccc(Cl)c3F)cc2=O)c2cc(ccn2)-c2c(cnn2C)NC1=O. The van der Waals surface area contributed by atoms with Gasteiger partial charge in [-0.25, -0.2) is 4.39 Å². The lowest BCUT2D eigenvalue weighted by Crippen LogP contribution is -2.26. The number of rotatable bonds is 2. The van der Waals surface area contributed by atoms with E-state index in [4.69, 9.17) is 11.6 Å². The van der Waals surface area contributed by atoms with Gasteiger partial charge in [0.05, 0.1) is 34.3 Å². The number of hydrogen-bond acceptors (Lipinski definition) is 4. The van der Waals surface area contributed by atoms with Crippen molar-refractivity contribution >= 4 is 39.1 Å². The van der Waals surface area contributed by atoms with Crippen molar-refractivity contribution in [2.24, 2.45) is 13.0 Å². The van der Waals surface area contributed by atoms with Gasteiger partial charge in [-0.3, -0.25) is 19.3 Å². The number of carbonyl (C=O) groups is 1. The van der Waals surface area contributed by atoms with Gasteiger partial charge in [-0.05, 0) is 48.7 Å². The number of carbonyl (C=O) groups excluding carboxylic acids is 1. The van der Waals surface area contributed by atoms with Gasteiger partial charge in [-0.1, -0.05) is 40.9 Å². The Morgan fingerprint density at radius 1 is 1.14 bits per heavy atom. The van der Waals surface area contributed by atoms with Gasteiger partial charge < -0.3 is 9.88 Å². The van der Waals surface area contributed by atoms with Crippen molar-refractivity contribution < 1.29 is 9.18 Å². The summed E-state index contributed by atoms with van der Waals surface area (Å²) < 4.78 is 18.6. The van der Waals surface area contributed by atoms with Crippen molar-refractivity contribution in [3.05, 3.63) is 86.3 Å². The van der Waals surface area contributed by atoms with E-state index in [9.17, 15) is 14.0 Å². The number of aromatic nitrogens is 4. The molecule has 0 fully saturated rings. The zero-order chi connectivity index (χ0) is 26.3. The number of fused-ring (bicyclic) bond motifs is 4. The summed E-state index contributed by atoms with van der Waals surface area (Å²) in [5, 5.41) is 7.32. The lowest BCUT2D eigenvalue weighted by Gasteiger charge is -2.22. The monoisotopic (exact) mass is 583 g/mol. The van der Waals surface area contributed by atoms with Crippen LogP contribution in [-0.4, -0.2) is 25.2 Å². The number of hydrogen-bond donors (Lipinski definition) is 1. The molecule has 0 radical (unpaired) electrons. The quantitative estimate of drug-likeness (QED) is 0.284. The fraction of sp³-hybridized carbons (Fsp3) is 0.259. The molecule has 0 unspecified atom stereocenters. The number of aryl methyl sites for hydroxylation is 1. The molecule has 2 atom stereocenters. The molecule has 1 aromatic carbocycles. The van der Waals surface area contributed by atoms with Crippen LogP contribution in [0.2, 0.25) is 5.02 Å². The van der Waals surface area contributed by atoms with Crippen LogP contribution in [0.25, 0.3) is 22.4 Å². The van der Waals surface area contributed by atoms with Gasteiger partial charge in [0.25, 0.3) is 5.56 Å². The fourth-order valence-electron chi connectivity index (χ4n) is 4.78. The maximum atomic E-state index is 14.8. The Morgan fingerprint density at radius 3 is 2.73 bits per heavy atom. The first-order valence-corrected chi connectivity index (χ1v) is 13.1. The molecule has 2 bridgehead atoms. The van der Waals surface area contributed by atoms with E-state index in [2.05, 4.69) is 31.3 Å². The van der Waals surface area contributed by atoms with Crippen LogP contribution >= 0.6 is 27.5 Å². The molecule has 1 aliphatic heterocycles. The fourth-order valence-corrected chi connectivity index (χ4v) is 5.47. The number of nitrogens with one attached hydrogen (secondary N) is 1. The summed E-state index contributed by atoms with van der Waals surface area (Å²) in [5.41, 5.74) is 3.30. The van der Waals surface area contributed by atoms with E-state index >= 15 is 0 Å². The van der Waals surface area contributed by atoms with Crippen molar-refractivity contribution in [3.8, 4) is 22.4 Å². The molecule has 5 rings (SSSR count). The first kappa shape index (κ1) is 25.4. The van der Waals surface area contributed by atoms with Crippen molar-refractivity contribution in [2.45, 2.75) is 32.2 Å². The van der Waals surface area contributed by atoms with Crippen LogP contribution in [-0.2, 0) is 11.8 Å². The van der Waals surface area contributed by atoms with Gasteiger partial charge in [0.2, 0.25) is 5.91 Å². The summed E-state index contributed by atoms with van der Waals surface area (Å²) in [7, 11) is 1.81. The smallest absolute Gasteiger partial charge is 0.251 e. The predicted molar refractivity (Wildman–Crippen MR) is 145 cm³/mol. The molecule has 3 aromatic heterocycles. The molecular formula is C27H24BrClFN5O2. The molecule has 4 heterocycles. The summed E-state index contributed by atoms with van der Waals surface area (Å²) in [6, 6.07) is 9.64. The Hall–Kier alpha value is -3.30. The second kappa shape index (κ2) is 10.2. The van der Waals surface area contributed by atoms with E-state index in [1.165, 1.54) is 12.1 Å². The average Bonchev–Trinajstić information content (AvgIpc) is 3.24. The highest BCUT2D eigenvalue weighted by Gasteiger charge is 2.24. The highest BCUT2D eigenvalue weighted by Crippen LogP contribution is 2.35. The molecule has 10 heteroatoms. The summed E-state index contributed by atoms with van der Waals surface area (Å²) >= 11 is 9.36. The van der Waals surface area contributed by atoms with Gasteiger partial charge in [0, 0.05) is 47.0 Å². The predicted octanol–water partition coefficient (Wildman–Crippen LogP) is 6.21.